The SMILES string of the molecule is CSCCC(NC(=O)C(CS)NC(=O)C(N)CC(C)C)C(=O)NC(C(=O)O)C(C)C. The van der Waals surface area contributed by atoms with Crippen molar-refractivity contribution in [3.8, 4) is 0 Å². The topological polar surface area (TPSA) is 151 Å². The van der Waals surface area contributed by atoms with Crippen LogP contribution in [0, 0.1) is 11.8 Å². The van der Waals surface area contributed by atoms with E-state index in [-0.39, 0.29) is 17.6 Å². The van der Waals surface area contributed by atoms with E-state index >= 15 is 0 Å². The van der Waals surface area contributed by atoms with Crippen molar-refractivity contribution < 1.29 is 24.3 Å². The molecule has 0 aromatic heterocycles. The van der Waals surface area contributed by atoms with Crippen LogP contribution in [0.15, 0.2) is 0 Å². The van der Waals surface area contributed by atoms with Crippen LogP contribution in [-0.2, 0) is 19.2 Å². The van der Waals surface area contributed by atoms with E-state index in [1.165, 1.54) is 11.8 Å². The lowest BCUT2D eigenvalue weighted by Gasteiger charge is -2.25. The van der Waals surface area contributed by atoms with Crippen LogP contribution in [-0.4, -0.2) is 70.7 Å². The second-order valence-electron chi connectivity index (χ2n) is 7.89. The molecule has 4 atom stereocenters. The molecule has 0 aliphatic carbocycles. The standard InChI is InChI=1S/C19H36N4O5S2/c1-10(2)8-12(20)16(24)22-14(9-29)18(26)21-13(6-7-30-5)17(25)23-15(11(3)4)19(27)28/h10-15,29H,6-9,20H2,1-5H3,(H,21,26)(H,22,24)(H,23,25)(H,27,28). The minimum Gasteiger partial charge on any atom is -0.480 e. The van der Waals surface area contributed by atoms with Gasteiger partial charge in [0.1, 0.15) is 18.1 Å². The third-order valence-electron chi connectivity index (χ3n) is 4.35. The molecule has 0 heterocycles. The van der Waals surface area contributed by atoms with E-state index < -0.39 is 47.9 Å². The molecule has 6 N–H and O–H groups in total. The molecular formula is C19H36N4O5S2. The maximum Gasteiger partial charge on any atom is 0.326 e. The van der Waals surface area contributed by atoms with Crippen molar-refractivity contribution in [3.63, 3.8) is 0 Å². The van der Waals surface area contributed by atoms with Gasteiger partial charge in [-0.05, 0) is 36.7 Å². The lowest BCUT2D eigenvalue weighted by Crippen LogP contribution is -2.58. The molecule has 9 nitrogen and oxygen atoms in total. The molecule has 0 aromatic rings. The third-order valence-corrected chi connectivity index (χ3v) is 5.36. The van der Waals surface area contributed by atoms with Crippen LogP contribution >= 0.6 is 24.4 Å². The van der Waals surface area contributed by atoms with Crippen molar-refractivity contribution in [2.75, 3.05) is 17.8 Å². The summed E-state index contributed by atoms with van der Waals surface area (Å²) in [4.78, 5) is 48.9. The van der Waals surface area contributed by atoms with Crippen molar-refractivity contribution in [1.29, 1.82) is 0 Å². The average Bonchev–Trinajstić information content (AvgIpc) is 2.65. The van der Waals surface area contributed by atoms with Crippen molar-refractivity contribution in [1.82, 2.24) is 16.0 Å². The summed E-state index contributed by atoms with van der Waals surface area (Å²) >= 11 is 5.61. The van der Waals surface area contributed by atoms with E-state index in [4.69, 9.17) is 5.73 Å². The Bertz CT molecular complexity index is 589. The largest absolute Gasteiger partial charge is 0.480 e. The molecule has 3 amide bonds. The van der Waals surface area contributed by atoms with Gasteiger partial charge in [-0.2, -0.15) is 24.4 Å². The third kappa shape index (κ3) is 10.5. The minimum atomic E-state index is -1.15. The fourth-order valence-electron chi connectivity index (χ4n) is 2.63. The number of amides is 3. The van der Waals surface area contributed by atoms with Gasteiger partial charge in [0.15, 0.2) is 0 Å². The predicted octanol–water partition coefficient (Wildman–Crippen LogP) is 0.238. The Kier molecular flexibility index (Phi) is 13.8. The lowest BCUT2D eigenvalue weighted by molar-refractivity contribution is -0.143. The van der Waals surface area contributed by atoms with E-state index in [2.05, 4.69) is 28.6 Å². The molecule has 11 heteroatoms. The highest BCUT2D eigenvalue weighted by Crippen LogP contribution is 2.07. The van der Waals surface area contributed by atoms with E-state index in [9.17, 15) is 24.3 Å². The number of carbonyl (C=O) groups is 4. The van der Waals surface area contributed by atoms with Crippen molar-refractivity contribution in [2.45, 2.75) is 64.7 Å². The zero-order valence-corrected chi connectivity index (χ0v) is 20.0. The number of carbonyl (C=O) groups excluding carboxylic acids is 3. The number of carboxylic acid groups (broad SMARTS) is 1. The minimum absolute atomic E-state index is 0.0204. The number of aliphatic carboxylic acids is 1. The Balaban J connectivity index is 5.19. The first-order valence-electron chi connectivity index (χ1n) is 9.93. The van der Waals surface area contributed by atoms with Crippen LogP contribution in [0.4, 0.5) is 0 Å². The smallest absolute Gasteiger partial charge is 0.326 e. The number of hydrogen-bond acceptors (Lipinski definition) is 7. The molecule has 0 spiro atoms. The predicted molar refractivity (Wildman–Crippen MR) is 123 cm³/mol. The molecule has 0 aromatic carbocycles. The molecule has 0 saturated carbocycles. The van der Waals surface area contributed by atoms with Gasteiger partial charge in [-0.1, -0.05) is 27.7 Å². The fraction of sp³-hybridized carbons (Fsp3) is 0.789. The first kappa shape index (κ1) is 28.5. The summed E-state index contributed by atoms with van der Waals surface area (Å²) in [5.74, 6) is -2.28. The summed E-state index contributed by atoms with van der Waals surface area (Å²) in [7, 11) is 0. The van der Waals surface area contributed by atoms with Gasteiger partial charge in [-0.25, -0.2) is 4.79 Å². The van der Waals surface area contributed by atoms with Gasteiger partial charge < -0.3 is 26.8 Å². The van der Waals surface area contributed by atoms with Gasteiger partial charge in [-0.3, -0.25) is 14.4 Å². The van der Waals surface area contributed by atoms with E-state index in [1.54, 1.807) is 13.8 Å². The Morgan fingerprint density at radius 1 is 0.967 bits per heavy atom. The zero-order chi connectivity index (χ0) is 23.4. The van der Waals surface area contributed by atoms with Crippen molar-refractivity contribution in [2.24, 2.45) is 17.6 Å². The summed E-state index contributed by atoms with van der Waals surface area (Å²) in [6.07, 6.45) is 2.64. The second-order valence-corrected chi connectivity index (χ2v) is 9.24. The Labute approximate surface area is 188 Å². The summed E-state index contributed by atoms with van der Waals surface area (Å²) in [5, 5.41) is 17.0. The van der Waals surface area contributed by atoms with E-state index in [0.717, 1.165) is 0 Å². The summed E-state index contributed by atoms with van der Waals surface area (Å²) in [6.45, 7) is 7.24. The van der Waals surface area contributed by atoms with Gasteiger partial charge in [0.2, 0.25) is 17.7 Å². The molecule has 0 aliphatic rings. The van der Waals surface area contributed by atoms with Gasteiger partial charge in [0.05, 0.1) is 6.04 Å². The molecule has 0 bridgehead atoms. The molecule has 0 radical (unpaired) electrons. The van der Waals surface area contributed by atoms with Crippen LogP contribution in [0.1, 0.15) is 40.5 Å². The lowest BCUT2D eigenvalue weighted by atomic mass is 10.0. The van der Waals surface area contributed by atoms with Crippen molar-refractivity contribution >= 4 is 48.1 Å². The number of rotatable bonds is 14. The molecule has 30 heavy (non-hydrogen) atoms. The summed E-state index contributed by atoms with van der Waals surface area (Å²) in [5.41, 5.74) is 5.86. The molecule has 4 unspecified atom stereocenters. The Morgan fingerprint density at radius 3 is 1.93 bits per heavy atom. The Morgan fingerprint density at radius 2 is 1.50 bits per heavy atom. The number of thiol groups is 1. The highest BCUT2D eigenvalue weighted by atomic mass is 32.2. The van der Waals surface area contributed by atoms with E-state index in [0.29, 0.717) is 18.6 Å². The first-order chi connectivity index (χ1) is 13.9. The second kappa shape index (κ2) is 14.5. The number of carboxylic acids is 1. The van der Waals surface area contributed by atoms with Gasteiger partial charge in [0, 0.05) is 5.75 Å². The van der Waals surface area contributed by atoms with Crippen LogP contribution in [0.2, 0.25) is 0 Å². The quantitative estimate of drug-likeness (QED) is 0.202. The average molecular weight is 465 g/mol. The van der Waals surface area contributed by atoms with Gasteiger partial charge >= 0.3 is 5.97 Å². The number of nitrogens with one attached hydrogen (secondary N) is 3. The molecule has 0 saturated heterocycles. The van der Waals surface area contributed by atoms with Crippen LogP contribution < -0.4 is 21.7 Å². The molecule has 0 rings (SSSR count). The summed E-state index contributed by atoms with van der Waals surface area (Å²) < 4.78 is 0. The van der Waals surface area contributed by atoms with Gasteiger partial charge in [-0.15, -0.1) is 0 Å². The normalized spacial score (nSPS) is 15.2. The van der Waals surface area contributed by atoms with Crippen molar-refractivity contribution in [3.05, 3.63) is 0 Å². The number of thioether (sulfide) groups is 1. The monoisotopic (exact) mass is 464 g/mol. The van der Waals surface area contributed by atoms with Gasteiger partial charge in [0.25, 0.3) is 0 Å². The molecular weight excluding hydrogens is 428 g/mol. The molecule has 174 valence electrons. The highest BCUT2D eigenvalue weighted by Gasteiger charge is 2.30. The molecule has 0 fully saturated rings. The van der Waals surface area contributed by atoms with Crippen LogP contribution in [0.25, 0.3) is 0 Å². The summed E-state index contributed by atoms with van der Waals surface area (Å²) in [6, 6.07) is -3.73. The highest BCUT2D eigenvalue weighted by molar-refractivity contribution is 7.98. The number of nitrogens with two attached hydrogens (primary N) is 1. The maximum atomic E-state index is 12.7. The van der Waals surface area contributed by atoms with Crippen LogP contribution in [0.3, 0.4) is 0 Å². The molecule has 0 aliphatic heterocycles. The first-order valence-corrected chi connectivity index (χ1v) is 12.0. The Hall–Kier alpha value is -1.46. The fourth-order valence-corrected chi connectivity index (χ4v) is 3.36. The maximum absolute atomic E-state index is 12.7. The van der Waals surface area contributed by atoms with Crippen LogP contribution in [0.5, 0.6) is 0 Å². The zero-order valence-electron chi connectivity index (χ0n) is 18.3. The number of hydrogen-bond donors (Lipinski definition) is 6. The van der Waals surface area contributed by atoms with E-state index in [1.807, 2.05) is 20.1 Å².